The van der Waals surface area contributed by atoms with Gasteiger partial charge in [0.25, 0.3) is 0 Å². The number of benzene rings is 1. The number of likely N-dealkylation sites (N-methyl/N-ethyl adjacent to an activating group) is 1. The van der Waals surface area contributed by atoms with Crippen LogP contribution in [0.25, 0.3) is 0 Å². The van der Waals surface area contributed by atoms with Gasteiger partial charge in [-0.25, -0.2) is 4.99 Å². The normalized spacial score (nSPS) is 10.6. The van der Waals surface area contributed by atoms with Gasteiger partial charge in [-0.2, -0.15) is 0 Å². The second-order valence-corrected chi connectivity index (χ2v) is 6.61. The number of methoxy groups -OCH3 is 2. The number of thiophene rings is 1. The van der Waals surface area contributed by atoms with Crippen molar-refractivity contribution in [3.05, 3.63) is 40.6 Å². The number of hydrogen-bond donors (Lipinski definition) is 2. The number of carbonyl (C=O) groups excluding carboxylic acids is 1. The second kappa shape index (κ2) is 11.7. The van der Waals surface area contributed by atoms with Gasteiger partial charge in [0.15, 0.2) is 17.5 Å². The number of hydrogen-bond acceptors (Lipinski definition) is 5. The Morgan fingerprint density at radius 2 is 1.93 bits per heavy atom. The third kappa shape index (κ3) is 7.25. The molecule has 7 nitrogen and oxygen atoms in total. The number of carbonyl (C=O) groups is 1. The lowest BCUT2D eigenvalue weighted by atomic mass is 10.2. The van der Waals surface area contributed by atoms with E-state index in [4.69, 9.17) is 9.47 Å². The van der Waals surface area contributed by atoms with E-state index in [1.807, 2.05) is 35.7 Å². The van der Waals surface area contributed by atoms with E-state index in [1.54, 1.807) is 39.7 Å². The number of halogens is 1. The Hall–Kier alpha value is -2.01. The first-order chi connectivity index (χ1) is 12.5. The maximum atomic E-state index is 11.8. The van der Waals surface area contributed by atoms with Crippen LogP contribution in [0.2, 0.25) is 0 Å². The summed E-state index contributed by atoms with van der Waals surface area (Å²) in [6.07, 6.45) is 0. The Labute approximate surface area is 180 Å². The standard InChI is InChI=1S/C18H24N4O3S.HI/c1-22(2)17(23)12-20-18(19-11-14-6-5-9-26-14)21-13-7-8-15(24-3)16(10-13)25-4;/h5-10H,11-12H2,1-4H3,(H2,19,20,21);1H. The average Bonchev–Trinajstić information content (AvgIpc) is 3.16. The molecule has 0 bridgehead atoms. The molecule has 1 aromatic heterocycles. The van der Waals surface area contributed by atoms with E-state index in [2.05, 4.69) is 15.6 Å². The van der Waals surface area contributed by atoms with E-state index in [0.717, 1.165) is 5.69 Å². The van der Waals surface area contributed by atoms with Gasteiger partial charge in [-0.05, 0) is 23.6 Å². The fraction of sp³-hybridized carbons (Fsp3) is 0.333. The highest BCUT2D eigenvalue weighted by Gasteiger charge is 2.08. The molecule has 0 aliphatic carbocycles. The van der Waals surface area contributed by atoms with Crippen LogP contribution in [0.1, 0.15) is 4.88 Å². The van der Waals surface area contributed by atoms with Crippen molar-refractivity contribution >= 4 is 52.9 Å². The highest BCUT2D eigenvalue weighted by atomic mass is 127. The van der Waals surface area contributed by atoms with Crippen LogP contribution >= 0.6 is 35.3 Å². The van der Waals surface area contributed by atoms with Crippen LogP contribution in [-0.2, 0) is 11.3 Å². The van der Waals surface area contributed by atoms with Gasteiger partial charge in [0.2, 0.25) is 5.91 Å². The summed E-state index contributed by atoms with van der Waals surface area (Å²) in [4.78, 5) is 18.9. The van der Waals surface area contributed by atoms with E-state index in [9.17, 15) is 4.79 Å². The maximum Gasteiger partial charge on any atom is 0.243 e. The Morgan fingerprint density at radius 1 is 1.19 bits per heavy atom. The summed E-state index contributed by atoms with van der Waals surface area (Å²) in [7, 11) is 6.59. The largest absolute Gasteiger partial charge is 0.493 e. The topological polar surface area (TPSA) is 75.2 Å². The van der Waals surface area contributed by atoms with Gasteiger partial charge in [0, 0.05) is 30.7 Å². The third-order valence-corrected chi connectivity index (χ3v) is 4.40. The lowest BCUT2D eigenvalue weighted by Crippen LogP contribution is -2.32. The molecule has 1 amide bonds. The molecule has 0 radical (unpaired) electrons. The van der Waals surface area contributed by atoms with E-state index < -0.39 is 0 Å². The minimum absolute atomic E-state index is 0. The molecule has 27 heavy (non-hydrogen) atoms. The summed E-state index contributed by atoms with van der Waals surface area (Å²) >= 11 is 1.65. The first-order valence-corrected chi connectivity index (χ1v) is 8.91. The zero-order valence-corrected chi connectivity index (χ0v) is 19.0. The van der Waals surface area contributed by atoms with Crippen molar-refractivity contribution in [1.29, 1.82) is 0 Å². The fourth-order valence-electron chi connectivity index (χ4n) is 2.06. The second-order valence-electron chi connectivity index (χ2n) is 5.58. The zero-order chi connectivity index (χ0) is 18.9. The quantitative estimate of drug-likeness (QED) is 0.345. The van der Waals surface area contributed by atoms with E-state index in [-0.39, 0.29) is 36.4 Å². The van der Waals surface area contributed by atoms with Crippen LogP contribution in [0.15, 0.2) is 40.7 Å². The van der Waals surface area contributed by atoms with Crippen LogP contribution in [0.5, 0.6) is 11.5 Å². The lowest BCUT2D eigenvalue weighted by molar-refractivity contribution is -0.127. The van der Waals surface area contributed by atoms with Crippen molar-refractivity contribution in [2.75, 3.05) is 40.2 Å². The molecule has 0 aliphatic rings. The summed E-state index contributed by atoms with van der Waals surface area (Å²) < 4.78 is 10.6. The Kier molecular flexibility index (Phi) is 9.94. The number of guanidine groups is 1. The van der Waals surface area contributed by atoms with Crippen LogP contribution in [0.4, 0.5) is 5.69 Å². The Bertz CT molecular complexity index is 751. The summed E-state index contributed by atoms with van der Waals surface area (Å²) in [5.74, 6) is 1.70. The molecule has 0 unspecified atom stereocenters. The van der Waals surface area contributed by atoms with Gasteiger partial charge < -0.3 is 25.0 Å². The predicted octanol–water partition coefficient (Wildman–Crippen LogP) is 3.03. The number of aliphatic imine (C=N–C) groups is 1. The summed E-state index contributed by atoms with van der Waals surface area (Å²) in [5.41, 5.74) is 0.775. The molecule has 0 fully saturated rings. The molecule has 0 aliphatic heterocycles. The first kappa shape index (κ1) is 23.0. The van der Waals surface area contributed by atoms with Crippen LogP contribution < -0.4 is 20.1 Å². The van der Waals surface area contributed by atoms with Crippen LogP contribution in [0, 0.1) is 0 Å². The molecule has 0 atom stereocenters. The Balaban J connectivity index is 0.00000364. The van der Waals surface area contributed by atoms with Gasteiger partial charge in [-0.3, -0.25) is 4.79 Å². The maximum absolute atomic E-state index is 11.8. The van der Waals surface area contributed by atoms with E-state index in [0.29, 0.717) is 24.0 Å². The van der Waals surface area contributed by atoms with Crippen molar-refractivity contribution in [2.45, 2.75) is 6.54 Å². The molecule has 0 spiro atoms. The van der Waals surface area contributed by atoms with Crippen molar-refractivity contribution in [2.24, 2.45) is 4.99 Å². The summed E-state index contributed by atoms with van der Waals surface area (Å²) in [6, 6.07) is 9.52. The van der Waals surface area contributed by atoms with Crippen molar-refractivity contribution < 1.29 is 14.3 Å². The highest BCUT2D eigenvalue weighted by molar-refractivity contribution is 14.0. The van der Waals surface area contributed by atoms with Gasteiger partial charge in [0.1, 0.15) is 6.54 Å². The molecule has 0 saturated heterocycles. The summed E-state index contributed by atoms with van der Waals surface area (Å²) in [5, 5.41) is 8.46. The molecular weight excluding hydrogens is 479 g/mol. The zero-order valence-electron chi connectivity index (χ0n) is 15.8. The minimum Gasteiger partial charge on any atom is -0.493 e. The van der Waals surface area contributed by atoms with Crippen LogP contribution in [-0.4, -0.2) is 51.6 Å². The average molecular weight is 504 g/mol. The first-order valence-electron chi connectivity index (χ1n) is 8.03. The van der Waals surface area contributed by atoms with Gasteiger partial charge >= 0.3 is 0 Å². The molecule has 148 valence electrons. The molecule has 1 aromatic carbocycles. The molecule has 1 heterocycles. The molecular formula is C18H25IN4O3S. The fourth-order valence-corrected chi connectivity index (χ4v) is 2.71. The third-order valence-electron chi connectivity index (χ3n) is 3.53. The lowest BCUT2D eigenvalue weighted by Gasteiger charge is -2.15. The van der Waals surface area contributed by atoms with Crippen molar-refractivity contribution in [1.82, 2.24) is 10.2 Å². The van der Waals surface area contributed by atoms with Crippen LogP contribution in [0.3, 0.4) is 0 Å². The number of rotatable bonds is 7. The number of anilines is 1. The van der Waals surface area contributed by atoms with Gasteiger partial charge in [-0.1, -0.05) is 6.07 Å². The molecule has 0 saturated carbocycles. The Morgan fingerprint density at radius 3 is 2.52 bits per heavy atom. The van der Waals surface area contributed by atoms with E-state index >= 15 is 0 Å². The van der Waals surface area contributed by atoms with Crippen molar-refractivity contribution in [3.8, 4) is 11.5 Å². The van der Waals surface area contributed by atoms with Gasteiger partial charge in [-0.15, -0.1) is 35.3 Å². The number of ether oxygens (including phenoxy) is 2. The minimum atomic E-state index is -0.0745. The molecule has 2 aromatic rings. The highest BCUT2D eigenvalue weighted by Crippen LogP contribution is 2.29. The number of amides is 1. The van der Waals surface area contributed by atoms with Crippen molar-refractivity contribution in [3.63, 3.8) is 0 Å². The monoisotopic (exact) mass is 504 g/mol. The van der Waals surface area contributed by atoms with E-state index in [1.165, 1.54) is 9.78 Å². The number of nitrogens with zero attached hydrogens (tertiary/aromatic N) is 2. The predicted molar refractivity (Wildman–Crippen MR) is 121 cm³/mol. The number of nitrogens with one attached hydrogen (secondary N) is 2. The molecule has 2 rings (SSSR count). The van der Waals surface area contributed by atoms with Gasteiger partial charge in [0.05, 0.1) is 20.8 Å². The summed E-state index contributed by atoms with van der Waals surface area (Å²) in [6.45, 7) is 0.674. The smallest absolute Gasteiger partial charge is 0.243 e. The molecule has 2 N–H and O–H groups in total. The molecule has 9 heteroatoms. The SMILES string of the molecule is COc1ccc(NC(=NCC(=O)N(C)C)NCc2cccs2)cc1OC.I.